The molecule has 0 heterocycles. The maximum absolute atomic E-state index is 13.8. The second kappa shape index (κ2) is 9.42. The van der Waals surface area contributed by atoms with E-state index in [1.807, 2.05) is 13.0 Å². The summed E-state index contributed by atoms with van der Waals surface area (Å²) < 4.78 is 25.0. The molecule has 3 nitrogen and oxygen atoms in total. The smallest absolute Gasteiger partial charge is 0.127 e. The lowest BCUT2D eigenvalue weighted by atomic mass is 10.1. The standard InChI is InChI=1S/C14H21BrFNO2/c1-3-17-13(10-19-7-6-18-2)8-11-4-5-12(15)9-14(11)16/h4-5,9,13,17H,3,6-8,10H2,1-2H3. The van der Waals surface area contributed by atoms with Gasteiger partial charge in [-0.05, 0) is 30.7 Å². The normalized spacial score (nSPS) is 12.6. The number of nitrogens with one attached hydrogen (secondary N) is 1. The Labute approximate surface area is 122 Å². The minimum atomic E-state index is -0.186. The number of hydrogen-bond donors (Lipinski definition) is 1. The molecular weight excluding hydrogens is 313 g/mol. The third-order valence-corrected chi connectivity index (χ3v) is 3.22. The SMILES string of the molecule is CCNC(COCCOC)Cc1ccc(Br)cc1F. The van der Waals surface area contributed by atoms with Crippen molar-refractivity contribution in [3.63, 3.8) is 0 Å². The molecule has 0 bridgehead atoms. The van der Waals surface area contributed by atoms with Crippen LogP contribution in [0.1, 0.15) is 12.5 Å². The lowest BCUT2D eigenvalue weighted by molar-refractivity contribution is 0.0588. The second-order valence-corrected chi connectivity index (χ2v) is 5.18. The first kappa shape index (κ1) is 16.6. The van der Waals surface area contributed by atoms with Crippen molar-refractivity contribution in [1.29, 1.82) is 0 Å². The molecule has 1 atom stereocenters. The summed E-state index contributed by atoms with van der Waals surface area (Å²) >= 11 is 3.26. The van der Waals surface area contributed by atoms with Crippen molar-refractivity contribution in [3.05, 3.63) is 34.1 Å². The molecule has 0 spiro atoms. The van der Waals surface area contributed by atoms with E-state index >= 15 is 0 Å². The van der Waals surface area contributed by atoms with E-state index in [0.29, 0.717) is 31.8 Å². The highest BCUT2D eigenvalue weighted by Gasteiger charge is 2.12. The van der Waals surface area contributed by atoms with Crippen molar-refractivity contribution in [2.24, 2.45) is 0 Å². The number of likely N-dealkylation sites (N-methyl/N-ethyl adjacent to an activating group) is 1. The van der Waals surface area contributed by atoms with E-state index in [1.54, 1.807) is 13.2 Å². The molecule has 0 amide bonds. The molecule has 1 aromatic carbocycles. The highest BCUT2D eigenvalue weighted by molar-refractivity contribution is 9.10. The number of halogens is 2. The number of hydrogen-bond acceptors (Lipinski definition) is 3. The van der Waals surface area contributed by atoms with E-state index in [-0.39, 0.29) is 11.9 Å². The van der Waals surface area contributed by atoms with Crippen LogP contribution in [0.3, 0.4) is 0 Å². The van der Waals surface area contributed by atoms with Crippen LogP contribution < -0.4 is 5.32 Å². The summed E-state index contributed by atoms with van der Waals surface area (Å²) in [4.78, 5) is 0. The Morgan fingerprint density at radius 3 is 2.79 bits per heavy atom. The Hall–Kier alpha value is -0.490. The van der Waals surface area contributed by atoms with E-state index < -0.39 is 0 Å². The molecule has 0 saturated heterocycles. The molecule has 0 aliphatic rings. The predicted molar refractivity (Wildman–Crippen MR) is 78.0 cm³/mol. The Morgan fingerprint density at radius 1 is 1.37 bits per heavy atom. The van der Waals surface area contributed by atoms with Gasteiger partial charge in [-0.15, -0.1) is 0 Å². The fraction of sp³-hybridized carbons (Fsp3) is 0.571. The zero-order valence-electron chi connectivity index (χ0n) is 11.4. The first-order valence-electron chi connectivity index (χ1n) is 6.41. The fourth-order valence-electron chi connectivity index (χ4n) is 1.80. The second-order valence-electron chi connectivity index (χ2n) is 4.26. The van der Waals surface area contributed by atoms with Gasteiger partial charge in [-0.2, -0.15) is 0 Å². The summed E-state index contributed by atoms with van der Waals surface area (Å²) in [6.45, 7) is 4.54. The van der Waals surface area contributed by atoms with Crippen LogP contribution in [0.4, 0.5) is 4.39 Å². The molecule has 5 heteroatoms. The van der Waals surface area contributed by atoms with Gasteiger partial charge in [-0.1, -0.05) is 28.9 Å². The van der Waals surface area contributed by atoms with Crippen LogP contribution in [0.5, 0.6) is 0 Å². The molecule has 0 saturated carbocycles. The highest BCUT2D eigenvalue weighted by Crippen LogP contribution is 2.16. The quantitative estimate of drug-likeness (QED) is 0.705. The Kier molecular flexibility index (Phi) is 8.21. The van der Waals surface area contributed by atoms with Crippen molar-refractivity contribution in [3.8, 4) is 0 Å². The molecule has 1 aromatic rings. The first-order valence-corrected chi connectivity index (χ1v) is 7.20. The van der Waals surface area contributed by atoms with Crippen LogP contribution in [-0.4, -0.2) is 39.5 Å². The van der Waals surface area contributed by atoms with Crippen molar-refractivity contribution >= 4 is 15.9 Å². The summed E-state index contributed by atoms with van der Waals surface area (Å²) in [5.41, 5.74) is 0.699. The average molecular weight is 334 g/mol. The molecule has 0 aliphatic heterocycles. The Morgan fingerprint density at radius 2 is 2.16 bits per heavy atom. The van der Waals surface area contributed by atoms with E-state index in [9.17, 15) is 4.39 Å². The summed E-state index contributed by atoms with van der Waals surface area (Å²) in [5.74, 6) is -0.186. The number of rotatable bonds is 9. The van der Waals surface area contributed by atoms with Crippen molar-refractivity contribution in [2.45, 2.75) is 19.4 Å². The predicted octanol–water partition coefficient (Wildman–Crippen LogP) is 2.77. The van der Waals surface area contributed by atoms with Crippen LogP contribution in [0.25, 0.3) is 0 Å². The molecule has 0 aromatic heterocycles. The topological polar surface area (TPSA) is 30.5 Å². The van der Waals surface area contributed by atoms with E-state index in [4.69, 9.17) is 9.47 Å². The van der Waals surface area contributed by atoms with Crippen LogP contribution >= 0.6 is 15.9 Å². The van der Waals surface area contributed by atoms with Gasteiger partial charge < -0.3 is 14.8 Å². The molecule has 108 valence electrons. The van der Waals surface area contributed by atoms with Crippen LogP contribution in [0, 0.1) is 5.82 Å². The van der Waals surface area contributed by atoms with Gasteiger partial charge in [0.2, 0.25) is 0 Å². The van der Waals surface area contributed by atoms with Gasteiger partial charge in [0.05, 0.1) is 19.8 Å². The average Bonchev–Trinajstić information content (AvgIpc) is 2.38. The van der Waals surface area contributed by atoms with Crippen LogP contribution in [0.2, 0.25) is 0 Å². The van der Waals surface area contributed by atoms with Gasteiger partial charge in [-0.3, -0.25) is 0 Å². The summed E-state index contributed by atoms with van der Waals surface area (Å²) in [5, 5.41) is 3.31. The number of methoxy groups -OCH3 is 1. The van der Waals surface area contributed by atoms with E-state index in [1.165, 1.54) is 6.07 Å². The summed E-state index contributed by atoms with van der Waals surface area (Å²) in [7, 11) is 1.64. The van der Waals surface area contributed by atoms with Gasteiger partial charge in [0.1, 0.15) is 5.82 Å². The summed E-state index contributed by atoms with van der Waals surface area (Å²) in [6.07, 6.45) is 0.611. The minimum Gasteiger partial charge on any atom is -0.382 e. The van der Waals surface area contributed by atoms with E-state index in [0.717, 1.165) is 11.0 Å². The van der Waals surface area contributed by atoms with Crippen LogP contribution in [0.15, 0.2) is 22.7 Å². The van der Waals surface area contributed by atoms with Crippen LogP contribution in [-0.2, 0) is 15.9 Å². The molecule has 0 aliphatic carbocycles. The zero-order valence-corrected chi connectivity index (χ0v) is 13.0. The molecule has 19 heavy (non-hydrogen) atoms. The number of benzene rings is 1. The molecule has 0 radical (unpaired) electrons. The minimum absolute atomic E-state index is 0.109. The molecule has 1 rings (SSSR count). The third-order valence-electron chi connectivity index (χ3n) is 2.73. The van der Waals surface area contributed by atoms with Crippen molar-refractivity contribution < 1.29 is 13.9 Å². The van der Waals surface area contributed by atoms with Gasteiger partial charge in [0.15, 0.2) is 0 Å². The van der Waals surface area contributed by atoms with Gasteiger partial charge in [0.25, 0.3) is 0 Å². The fourth-order valence-corrected chi connectivity index (χ4v) is 2.13. The Bertz CT molecular complexity index is 376. The van der Waals surface area contributed by atoms with Gasteiger partial charge >= 0.3 is 0 Å². The lowest BCUT2D eigenvalue weighted by Gasteiger charge is -2.18. The highest BCUT2D eigenvalue weighted by atomic mass is 79.9. The molecule has 0 fully saturated rings. The van der Waals surface area contributed by atoms with Gasteiger partial charge in [0, 0.05) is 17.6 Å². The molecule has 1 N–H and O–H groups in total. The number of ether oxygens (including phenoxy) is 2. The van der Waals surface area contributed by atoms with E-state index in [2.05, 4.69) is 21.2 Å². The van der Waals surface area contributed by atoms with Crippen molar-refractivity contribution in [2.75, 3.05) is 33.5 Å². The largest absolute Gasteiger partial charge is 0.382 e. The molecule has 1 unspecified atom stereocenters. The lowest BCUT2D eigenvalue weighted by Crippen LogP contribution is -2.36. The van der Waals surface area contributed by atoms with Gasteiger partial charge in [-0.25, -0.2) is 4.39 Å². The first-order chi connectivity index (χ1) is 9.17. The summed E-state index contributed by atoms with van der Waals surface area (Å²) in [6, 6.07) is 5.26. The monoisotopic (exact) mass is 333 g/mol. The maximum atomic E-state index is 13.8. The van der Waals surface area contributed by atoms with Crippen molar-refractivity contribution in [1.82, 2.24) is 5.32 Å². The zero-order chi connectivity index (χ0) is 14.1. The Balaban J connectivity index is 2.51. The third kappa shape index (κ3) is 6.47. The molecular formula is C14H21BrFNO2. The maximum Gasteiger partial charge on any atom is 0.127 e.